The fraction of sp³-hybridized carbons (Fsp3) is 0.538. The predicted octanol–water partition coefficient (Wildman–Crippen LogP) is 1.53. The van der Waals surface area contributed by atoms with Crippen molar-refractivity contribution in [3.8, 4) is 0 Å². The first kappa shape index (κ1) is 13.6. The molecule has 1 heterocycles. The van der Waals surface area contributed by atoms with Gasteiger partial charge in [-0.15, -0.1) is 0 Å². The minimum Gasteiger partial charge on any atom is -0.391 e. The Bertz CT molecular complexity index is 377. The first-order chi connectivity index (χ1) is 8.00. The Morgan fingerprint density at radius 1 is 1.53 bits per heavy atom. The highest BCUT2D eigenvalue weighted by molar-refractivity contribution is 5.93. The molecule has 17 heavy (non-hydrogen) atoms. The molecule has 0 aliphatic rings. The van der Waals surface area contributed by atoms with Crippen molar-refractivity contribution < 1.29 is 9.90 Å². The second-order valence-corrected chi connectivity index (χ2v) is 4.66. The van der Waals surface area contributed by atoms with E-state index >= 15 is 0 Å². The van der Waals surface area contributed by atoms with Gasteiger partial charge in [0.25, 0.3) is 5.91 Å². The molecule has 94 valence electrons. The molecule has 0 saturated carbocycles. The summed E-state index contributed by atoms with van der Waals surface area (Å²) < 4.78 is 0. The fourth-order valence-electron chi connectivity index (χ4n) is 1.65. The average Bonchev–Trinajstić information content (AvgIpc) is 2.25. The van der Waals surface area contributed by atoms with E-state index in [9.17, 15) is 9.90 Å². The largest absolute Gasteiger partial charge is 0.391 e. The Kier molecular flexibility index (Phi) is 5.10. The van der Waals surface area contributed by atoms with Crippen molar-refractivity contribution >= 4 is 5.91 Å². The smallest absolute Gasteiger partial charge is 0.270 e. The van der Waals surface area contributed by atoms with E-state index < -0.39 is 6.10 Å². The van der Waals surface area contributed by atoms with Crippen molar-refractivity contribution in [2.45, 2.75) is 33.3 Å². The number of hydrogen-bond acceptors (Lipinski definition) is 3. The Balaban J connectivity index is 2.48. The van der Waals surface area contributed by atoms with Crippen LogP contribution >= 0.6 is 0 Å². The Hall–Kier alpha value is -1.42. The van der Waals surface area contributed by atoms with Crippen LogP contribution in [-0.4, -0.2) is 28.6 Å². The monoisotopic (exact) mass is 236 g/mol. The molecule has 0 aliphatic carbocycles. The molecule has 1 atom stereocenters. The number of carbonyl (C=O) groups is 1. The second-order valence-electron chi connectivity index (χ2n) is 4.66. The lowest BCUT2D eigenvalue weighted by Gasteiger charge is -2.14. The highest BCUT2D eigenvalue weighted by Gasteiger charge is 2.12. The van der Waals surface area contributed by atoms with Crippen LogP contribution in [0.1, 0.15) is 36.3 Å². The van der Waals surface area contributed by atoms with Crippen molar-refractivity contribution in [1.82, 2.24) is 10.3 Å². The molecule has 0 spiro atoms. The zero-order chi connectivity index (χ0) is 12.8. The van der Waals surface area contributed by atoms with Crippen molar-refractivity contribution in [1.29, 1.82) is 0 Å². The minimum absolute atomic E-state index is 0.231. The van der Waals surface area contributed by atoms with Crippen molar-refractivity contribution in [2.24, 2.45) is 5.92 Å². The molecule has 0 bridgehead atoms. The molecule has 1 amide bonds. The van der Waals surface area contributed by atoms with Crippen LogP contribution in [0.5, 0.6) is 0 Å². The van der Waals surface area contributed by atoms with E-state index in [-0.39, 0.29) is 12.5 Å². The predicted molar refractivity (Wildman–Crippen MR) is 66.8 cm³/mol. The zero-order valence-electron chi connectivity index (χ0n) is 10.6. The third-order valence-corrected chi connectivity index (χ3v) is 2.47. The van der Waals surface area contributed by atoms with Gasteiger partial charge in [-0.1, -0.05) is 19.9 Å². The van der Waals surface area contributed by atoms with E-state index in [1.807, 2.05) is 26.8 Å². The number of rotatable bonds is 5. The summed E-state index contributed by atoms with van der Waals surface area (Å²) in [5, 5.41) is 12.3. The molecule has 2 N–H and O–H groups in total. The maximum atomic E-state index is 11.8. The molecule has 4 nitrogen and oxygen atoms in total. The van der Waals surface area contributed by atoms with E-state index in [0.29, 0.717) is 18.0 Å². The van der Waals surface area contributed by atoms with E-state index in [1.54, 1.807) is 12.3 Å². The summed E-state index contributed by atoms with van der Waals surface area (Å²) in [6.45, 7) is 6.18. The third-order valence-electron chi connectivity index (χ3n) is 2.47. The van der Waals surface area contributed by atoms with Crippen LogP contribution in [-0.2, 0) is 0 Å². The quantitative estimate of drug-likeness (QED) is 0.815. The maximum Gasteiger partial charge on any atom is 0.270 e. The Labute approximate surface area is 102 Å². The van der Waals surface area contributed by atoms with Gasteiger partial charge in [0, 0.05) is 12.7 Å². The average molecular weight is 236 g/mol. The van der Waals surface area contributed by atoms with Gasteiger partial charge in [0.05, 0.1) is 6.10 Å². The van der Waals surface area contributed by atoms with Crippen molar-refractivity contribution in [3.63, 3.8) is 0 Å². The van der Waals surface area contributed by atoms with Gasteiger partial charge in [0.1, 0.15) is 5.69 Å². The minimum atomic E-state index is -0.497. The number of nitrogens with zero attached hydrogens (tertiary/aromatic N) is 1. The molecule has 0 aromatic carbocycles. The lowest BCUT2D eigenvalue weighted by Crippen LogP contribution is -2.33. The highest BCUT2D eigenvalue weighted by Crippen LogP contribution is 2.05. The standard InChI is InChI=1S/C13H20N2O2/c1-9(2)7-11(16)8-15-13(17)12-10(3)5-4-6-14-12/h4-6,9,11,16H,7-8H2,1-3H3,(H,15,17). The van der Waals surface area contributed by atoms with Gasteiger partial charge in [-0.05, 0) is 30.9 Å². The van der Waals surface area contributed by atoms with Crippen molar-refractivity contribution in [2.75, 3.05) is 6.54 Å². The SMILES string of the molecule is Cc1cccnc1C(=O)NCC(O)CC(C)C. The van der Waals surface area contributed by atoms with Gasteiger partial charge < -0.3 is 10.4 Å². The van der Waals surface area contributed by atoms with Crippen LogP contribution in [0.15, 0.2) is 18.3 Å². The summed E-state index contributed by atoms with van der Waals surface area (Å²) in [6, 6.07) is 3.63. The molecule has 4 heteroatoms. The highest BCUT2D eigenvalue weighted by atomic mass is 16.3. The number of aliphatic hydroxyl groups is 1. The van der Waals surface area contributed by atoms with Crippen LogP contribution < -0.4 is 5.32 Å². The molecule has 0 radical (unpaired) electrons. The zero-order valence-corrected chi connectivity index (χ0v) is 10.6. The van der Waals surface area contributed by atoms with Crippen molar-refractivity contribution in [3.05, 3.63) is 29.6 Å². The topological polar surface area (TPSA) is 62.2 Å². The number of aryl methyl sites for hydroxylation is 1. The molecular formula is C13H20N2O2. The Morgan fingerprint density at radius 2 is 2.24 bits per heavy atom. The number of amides is 1. The van der Waals surface area contributed by atoms with Crippen LogP contribution in [0, 0.1) is 12.8 Å². The number of nitrogens with one attached hydrogen (secondary N) is 1. The van der Waals surface area contributed by atoms with Gasteiger partial charge >= 0.3 is 0 Å². The molecule has 0 saturated heterocycles. The maximum absolute atomic E-state index is 11.8. The van der Waals surface area contributed by atoms with Crippen LogP contribution in [0.4, 0.5) is 0 Å². The molecule has 0 fully saturated rings. The van der Waals surface area contributed by atoms with E-state index in [2.05, 4.69) is 10.3 Å². The molecule has 1 rings (SSSR count). The van der Waals surface area contributed by atoms with Gasteiger partial charge in [0.2, 0.25) is 0 Å². The normalized spacial score (nSPS) is 12.5. The van der Waals surface area contributed by atoms with Gasteiger partial charge in [-0.2, -0.15) is 0 Å². The van der Waals surface area contributed by atoms with E-state index in [0.717, 1.165) is 5.56 Å². The summed E-state index contributed by atoms with van der Waals surface area (Å²) in [7, 11) is 0. The number of hydrogen-bond donors (Lipinski definition) is 2. The molecule has 1 aromatic heterocycles. The summed E-state index contributed by atoms with van der Waals surface area (Å²) in [5.41, 5.74) is 1.26. The first-order valence-corrected chi connectivity index (χ1v) is 5.88. The lowest BCUT2D eigenvalue weighted by atomic mass is 10.1. The van der Waals surface area contributed by atoms with Gasteiger partial charge in [-0.25, -0.2) is 0 Å². The summed E-state index contributed by atoms with van der Waals surface area (Å²) >= 11 is 0. The molecular weight excluding hydrogens is 216 g/mol. The van der Waals surface area contributed by atoms with Gasteiger partial charge in [0.15, 0.2) is 0 Å². The van der Waals surface area contributed by atoms with E-state index in [1.165, 1.54) is 0 Å². The Morgan fingerprint density at radius 3 is 2.82 bits per heavy atom. The number of pyridine rings is 1. The molecule has 1 unspecified atom stereocenters. The summed E-state index contributed by atoms with van der Waals surface area (Å²) in [6.07, 6.45) is 1.77. The second kappa shape index (κ2) is 6.35. The fourth-order valence-corrected chi connectivity index (χ4v) is 1.65. The number of aromatic nitrogens is 1. The van der Waals surface area contributed by atoms with Crippen LogP contribution in [0.25, 0.3) is 0 Å². The van der Waals surface area contributed by atoms with E-state index in [4.69, 9.17) is 0 Å². The summed E-state index contributed by atoms with van der Waals surface area (Å²) in [4.78, 5) is 15.8. The molecule has 0 aliphatic heterocycles. The summed E-state index contributed by atoms with van der Waals surface area (Å²) in [5.74, 6) is 0.185. The lowest BCUT2D eigenvalue weighted by molar-refractivity contribution is 0.0895. The van der Waals surface area contributed by atoms with Gasteiger partial charge in [-0.3, -0.25) is 9.78 Å². The third kappa shape index (κ3) is 4.53. The first-order valence-electron chi connectivity index (χ1n) is 5.88. The molecule has 1 aromatic rings. The number of carbonyl (C=O) groups excluding carboxylic acids is 1. The van der Waals surface area contributed by atoms with Crippen LogP contribution in [0.2, 0.25) is 0 Å². The van der Waals surface area contributed by atoms with Crippen LogP contribution in [0.3, 0.4) is 0 Å². The number of aliphatic hydroxyl groups excluding tert-OH is 1.